The van der Waals surface area contributed by atoms with E-state index in [9.17, 15) is 4.79 Å². The van der Waals surface area contributed by atoms with Gasteiger partial charge >= 0.3 is 0 Å². The normalized spacial score (nSPS) is 17.4. The zero-order chi connectivity index (χ0) is 14.2. The van der Waals surface area contributed by atoms with Gasteiger partial charge in [0.2, 0.25) is 0 Å². The Morgan fingerprint density at radius 2 is 2.30 bits per heavy atom. The molecule has 1 atom stereocenters. The van der Waals surface area contributed by atoms with Crippen LogP contribution in [0.2, 0.25) is 0 Å². The van der Waals surface area contributed by atoms with E-state index in [1.807, 2.05) is 18.2 Å². The van der Waals surface area contributed by atoms with E-state index in [2.05, 4.69) is 17.2 Å². The fourth-order valence-corrected chi connectivity index (χ4v) is 2.25. The van der Waals surface area contributed by atoms with Crippen molar-refractivity contribution in [3.63, 3.8) is 0 Å². The zero-order valence-corrected chi connectivity index (χ0v) is 11.5. The highest BCUT2D eigenvalue weighted by Gasteiger charge is 2.16. The number of carbonyl (C=O) groups excluding carboxylic acids is 1. The molecule has 0 aromatic heterocycles. The molecule has 106 valence electrons. The van der Waals surface area contributed by atoms with Crippen molar-refractivity contribution in [2.45, 2.75) is 25.4 Å². The lowest BCUT2D eigenvalue weighted by Crippen LogP contribution is -2.27. The summed E-state index contributed by atoms with van der Waals surface area (Å²) < 4.78 is 5.53. The standard InChI is InChI=1S/C16H20N2O2/c17-10-3-6-13-5-1-2-8-15(13)16(19)18-11-9-14-7-4-12-20-14/h1-2,5,8,14H,4,7,9-12,17H2,(H,18,19). The van der Waals surface area contributed by atoms with E-state index < -0.39 is 0 Å². The summed E-state index contributed by atoms with van der Waals surface area (Å²) in [7, 11) is 0. The number of carbonyl (C=O) groups is 1. The number of ether oxygens (including phenoxy) is 1. The molecule has 3 N–H and O–H groups in total. The maximum atomic E-state index is 12.2. The van der Waals surface area contributed by atoms with Crippen LogP contribution >= 0.6 is 0 Å². The summed E-state index contributed by atoms with van der Waals surface area (Å²) in [4.78, 5) is 12.2. The molecule has 1 heterocycles. The molecule has 1 aromatic rings. The molecule has 1 amide bonds. The number of hydrogen-bond donors (Lipinski definition) is 2. The van der Waals surface area contributed by atoms with Gasteiger partial charge in [0.1, 0.15) is 0 Å². The Labute approximate surface area is 119 Å². The first-order chi connectivity index (χ1) is 9.81. The van der Waals surface area contributed by atoms with Crippen molar-refractivity contribution < 1.29 is 9.53 Å². The molecule has 0 radical (unpaired) electrons. The molecule has 4 nitrogen and oxygen atoms in total. The quantitative estimate of drug-likeness (QED) is 0.812. The molecule has 0 saturated carbocycles. The fourth-order valence-electron chi connectivity index (χ4n) is 2.25. The molecule has 1 unspecified atom stereocenters. The second-order valence-corrected chi connectivity index (χ2v) is 4.73. The third-order valence-corrected chi connectivity index (χ3v) is 3.27. The van der Waals surface area contributed by atoms with Gasteiger partial charge in [-0.3, -0.25) is 4.79 Å². The molecule has 1 fully saturated rings. The highest BCUT2D eigenvalue weighted by Crippen LogP contribution is 2.14. The molecule has 4 heteroatoms. The van der Waals surface area contributed by atoms with Gasteiger partial charge in [-0.1, -0.05) is 24.0 Å². The monoisotopic (exact) mass is 272 g/mol. The van der Waals surface area contributed by atoms with E-state index in [0.29, 0.717) is 23.8 Å². The molecule has 20 heavy (non-hydrogen) atoms. The Bertz CT molecular complexity index is 511. The van der Waals surface area contributed by atoms with Crippen molar-refractivity contribution in [1.29, 1.82) is 0 Å². The Balaban J connectivity index is 1.91. The Kier molecular flexibility index (Phi) is 5.60. The van der Waals surface area contributed by atoms with Gasteiger partial charge < -0.3 is 15.8 Å². The van der Waals surface area contributed by atoms with Gasteiger partial charge in [0, 0.05) is 18.7 Å². The van der Waals surface area contributed by atoms with E-state index in [-0.39, 0.29) is 12.5 Å². The predicted molar refractivity (Wildman–Crippen MR) is 78.3 cm³/mol. The maximum absolute atomic E-state index is 12.2. The molecule has 1 aliphatic heterocycles. The van der Waals surface area contributed by atoms with Crippen LogP contribution < -0.4 is 11.1 Å². The summed E-state index contributed by atoms with van der Waals surface area (Å²) in [5, 5.41) is 2.92. The first-order valence-electron chi connectivity index (χ1n) is 6.99. The first-order valence-corrected chi connectivity index (χ1v) is 6.99. The fraction of sp³-hybridized carbons (Fsp3) is 0.438. The average Bonchev–Trinajstić information content (AvgIpc) is 2.98. The zero-order valence-electron chi connectivity index (χ0n) is 11.5. The molecule has 0 spiro atoms. The minimum absolute atomic E-state index is 0.0927. The van der Waals surface area contributed by atoms with Crippen molar-refractivity contribution in [2.24, 2.45) is 5.73 Å². The second-order valence-electron chi connectivity index (χ2n) is 4.73. The third-order valence-electron chi connectivity index (χ3n) is 3.27. The molecule has 1 saturated heterocycles. The molecule has 1 aromatic carbocycles. The SMILES string of the molecule is NCC#Cc1ccccc1C(=O)NCCC1CCCO1. The molecular formula is C16H20N2O2. The number of benzene rings is 1. The lowest BCUT2D eigenvalue weighted by Gasteiger charge is -2.10. The van der Waals surface area contributed by atoms with Crippen LogP contribution in [0.15, 0.2) is 24.3 Å². The number of nitrogens with two attached hydrogens (primary N) is 1. The van der Waals surface area contributed by atoms with E-state index >= 15 is 0 Å². The molecular weight excluding hydrogens is 252 g/mol. The molecule has 2 rings (SSSR count). The van der Waals surface area contributed by atoms with E-state index in [4.69, 9.17) is 10.5 Å². The van der Waals surface area contributed by atoms with Gasteiger partial charge in [-0.15, -0.1) is 0 Å². The maximum Gasteiger partial charge on any atom is 0.252 e. The lowest BCUT2D eigenvalue weighted by atomic mass is 10.1. The van der Waals surface area contributed by atoms with E-state index in [1.165, 1.54) is 0 Å². The van der Waals surface area contributed by atoms with Crippen molar-refractivity contribution in [2.75, 3.05) is 19.7 Å². The van der Waals surface area contributed by atoms with Crippen molar-refractivity contribution in [1.82, 2.24) is 5.32 Å². The lowest BCUT2D eigenvalue weighted by molar-refractivity contribution is 0.0907. The van der Waals surface area contributed by atoms with Crippen LogP contribution in [0.3, 0.4) is 0 Å². The number of rotatable bonds is 4. The van der Waals surface area contributed by atoms with Gasteiger partial charge in [0.05, 0.1) is 18.2 Å². The van der Waals surface area contributed by atoms with Crippen LogP contribution in [-0.2, 0) is 4.74 Å². The first kappa shape index (κ1) is 14.6. The highest BCUT2D eigenvalue weighted by atomic mass is 16.5. The highest BCUT2D eigenvalue weighted by molar-refractivity contribution is 5.96. The van der Waals surface area contributed by atoms with Crippen molar-refractivity contribution in [3.8, 4) is 11.8 Å². The summed E-state index contributed by atoms with van der Waals surface area (Å²) in [6, 6.07) is 7.31. The summed E-state index contributed by atoms with van der Waals surface area (Å²) in [5.74, 6) is 5.61. The Morgan fingerprint density at radius 1 is 1.45 bits per heavy atom. The van der Waals surface area contributed by atoms with Crippen LogP contribution in [0.4, 0.5) is 0 Å². The van der Waals surface area contributed by atoms with Crippen molar-refractivity contribution >= 4 is 5.91 Å². The summed E-state index contributed by atoms with van der Waals surface area (Å²) in [5.41, 5.74) is 6.68. The van der Waals surface area contributed by atoms with Gasteiger partial charge in [-0.2, -0.15) is 0 Å². The summed E-state index contributed by atoms with van der Waals surface area (Å²) in [6.07, 6.45) is 3.37. The summed E-state index contributed by atoms with van der Waals surface area (Å²) >= 11 is 0. The van der Waals surface area contributed by atoms with Gasteiger partial charge in [-0.25, -0.2) is 0 Å². The van der Waals surface area contributed by atoms with Gasteiger partial charge in [0.15, 0.2) is 0 Å². The number of amides is 1. The van der Waals surface area contributed by atoms with Crippen LogP contribution in [0.5, 0.6) is 0 Å². The van der Waals surface area contributed by atoms with Crippen LogP contribution in [0.25, 0.3) is 0 Å². The third kappa shape index (κ3) is 4.09. The molecule has 0 aliphatic carbocycles. The van der Waals surface area contributed by atoms with Crippen molar-refractivity contribution in [3.05, 3.63) is 35.4 Å². The topological polar surface area (TPSA) is 64.4 Å². The second kappa shape index (κ2) is 7.68. The molecule has 0 bridgehead atoms. The largest absolute Gasteiger partial charge is 0.378 e. The number of nitrogens with one attached hydrogen (secondary N) is 1. The minimum atomic E-state index is -0.0927. The Morgan fingerprint density at radius 3 is 3.05 bits per heavy atom. The van der Waals surface area contributed by atoms with E-state index in [0.717, 1.165) is 25.9 Å². The predicted octanol–water partition coefficient (Wildman–Crippen LogP) is 1.30. The van der Waals surface area contributed by atoms with Crippen LogP contribution in [0.1, 0.15) is 35.2 Å². The average molecular weight is 272 g/mol. The van der Waals surface area contributed by atoms with Crippen LogP contribution in [0, 0.1) is 11.8 Å². The number of hydrogen-bond acceptors (Lipinski definition) is 3. The van der Waals surface area contributed by atoms with Crippen LogP contribution in [-0.4, -0.2) is 31.7 Å². The smallest absolute Gasteiger partial charge is 0.252 e. The van der Waals surface area contributed by atoms with E-state index in [1.54, 1.807) is 6.07 Å². The molecule has 1 aliphatic rings. The minimum Gasteiger partial charge on any atom is -0.378 e. The van der Waals surface area contributed by atoms with Gasteiger partial charge in [-0.05, 0) is 31.4 Å². The van der Waals surface area contributed by atoms with Gasteiger partial charge in [0.25, 0.3) is 5.91 Å². The summed E-state index contributed by atoms with van der Waals surface area (Å²) in [6.45, 7) is 1.76. The Hall–Kier alpha value is -1.83.